The Labute approximate surface area is 201 Å². The van der Waals surface area contributed by atoms with Crippen LogP contribution in [0.25, 0.3) is 10.9 Å². The second kappa shape index (κ2) is 12.6. The number of rotatable bonds is 14. The normalized spacial score (nSPS) is 13.1. The van der Waals surface area contributed by atoms with Gasteiger partial charge in [-0.1, -0.05) is 44.0 Å². The molecule has 0 aliphatic rings. The summed E-state index contributed by atoms with van der Waals surface area (Å²) in [5.41, 5.74) is 1.91. The molecule has 0 aliphatic carbocycles. The Balaban J connectivity index is 1.81. The van der Waals surface area contributed by atoms with E-state index >= 15 is 0 Å². The molecular weight excluding hydrogens is 453 g/mol. The number of carbonyl (C=O) groups excluding carboxylic acids is 1. The first-order chi connectivity index (χ1) is 16.4. The predicted molar refractivity (Wildman–Crippen MR) is 134 cm³/mol. The van der Waals surface area contributed by atoms with Gasteiger partial charge in [-0.25, -0.2) is 4.57 Å². The van der Waals surface area contributed by atoms with Gasteiger partial charge < -0.3 is 23.7 Å². The summed E-state index contributed by atoms with van der Waals surface area (Å²) in [5.74, 6) is 0.266. The molecular formula is C25H34N3O5P. The Bertz CT molecular complexity index is 1100. The highest BCUT2D eigenvalue weighted by molar-refractivity contribution is 7.52. The van der Waals surface area contributed by atoms with Crippen molar-refractivity contribution in [1.29, 1.82) is 0 Å². The molecule has 0 fully saturated rings. The van der Waals surface area contributed by atoms with Gasteiger partial charge in [-0.3, -0.25) is 4.79 Å². The number of benzene rings is 2. The van der Waals surface area contributed by atoms with Crippen LogP contribution in [0.1, 0.15) is 31.7 Å². The molecule has 0 aliphatic heterocycles. The van der Waals surface area contributed by atoms with Crippen molar-refractivity contribution < 1.29 is 23.1 Å². The zero-order valence-electron chi connectivity index (χ0n) is 20.1. The van der Waals surface area contributed by atoms with Crippen molar-refractivity contribution in [2.75, 3.05) is 33.8 Å². The van der Waals surface area contributed by atoms with Crippen LogP contribution in [0.15, 0.2) is 54.7 Å². The average Bonchev–Trinajstić information content (AvgIpc) is 3.24. The van der Waals surface area contributed by atoms with Crippen LogP contribution in [0.4, 0.5) is 0 Å². The fourth-order valence-electron chi connectivity index (χ4n) is 3.42. The first-order valence-corrected chi connectivity index (χ1v) is 13.1. The molecule has 0 saturated carbocycles. The molecule has 0 spiro atoms. The van der Waals surface area contributed by atoms with Gasteiger partial charge in [0.15, 0.2) is 0 Å². The van der Waals surface area contributed by atoms with E-state index in [1.807, 2.05) is 38.5 Å². The summed E-state index contributed by atoms with van der Waals surface area (Å²) in [6.45, 7) is 2.96. The minimum atomic E-state index is -3.97. The van der Waals surface area contributed by atoms with E-state index < -0.39 is 13.7 Å². The number of esters is 1. The van der Waals surface area contributed by atoms with Crippen molar-refractivity contribution >= 4 is 24.6 Å². The van der Waals surface area contributed by atoms with Crippen LogP contribution in [0, 0.1) is 0 Å². The zero-order chi connectivity index (χ0) is 24.4. The second-order valence-corrected chi connectivity index (χ2v) is 9.98. The van der Waals surface area contributed by atoms with E-state index in [4.69, 9.17) is 13.8 Å². The molecule has 0 bridgehead atoms. The Morgan fingerprint density at radius 3 is 2.59 bits per heavy atom. The minimum absolute atomic E-state index is 0.299. The standard InChI is InChI=1S/C25H34N3O5P/c1-4-5-9-17-31-24(29)19-27-34(30,32-21-11-7-6-8-12-21)33-23-14-10-13-22-25(23)20(18-26-22)15-16-28(2)3/h6-8,10-14,18,26H,4-5,9,15-17,19H2,1-3H3,(H,27,30). The lowest BCUT2D eigenvalue weighted by Crippen LogP contribution is -2.27. The molecule has 1 heterocycles. The maximum Gasteiger partial charge on any atom is 0.513 e. The SMILES string of the molecule is CCCCCOC(=O)CNP(=O)(Oc1ccccc1)Oc1cccc2[nH]cc(CCN(C)C)c12. The van der Waals surface area contributed by atoms with Crippen LogP contribution >= 0.6 is 7.75 Å². The van der Waals surface area contributed by atoms with Crippen LogP contribution < -0.4 is 14.1 Å². The molecule has 1 unspecified atom stereocenters. The van der Waals surface area contributed by atoms with Crippen molar-refractivity contribution in [3.8, 4) is 11.5 Å². The molecule has 1 atom stereocenters. The van der Waals surface area contributed by atoms with Gasteiger partial charge in [0.25, 0.3) is 0 Å². The van der Waals surface area contributed by atoms with Gasteiger partial charge in [-0.15, -0.1) is 0 Å². The number of aromatic nitrogens is 1. The van der Waals surface area contributed by atoms with Gasteiger partial charge in [0.2, 0.25) is 0 Å². The van der Waals surface area contributed by atoms with E-state index in [0.29, 0.717) is 18.1 Å². The maximum atomic E-state index is 13.8. The Morgan fingerprint density at radius 2 is 1.85 bits per heavy atom. The molecule has 9 heteroatoms. The van der Waals surface area contributed by atoms with Crippen LogP contribution in [0.5, 0.6) is 11.5 Å². The average molecular weight is 488 g/mol. The van der Waals surface area contributed by atoms with Crippen LogP contribution in [-0.4, -0.2) is 49.6 Å². The summed E-state index contributed by atoms with van der Waals surface area (Å²) in [4.78, 5) is 17.5. The molecule has 2 aromatic carbocycles. The Hall–Kier alpha value is -2.80. The van der Waals surface area contributed by atoms with E-state index in [-0.39, 0.29) is 6.54 Å². The summed E-state index contributed by atoms with van der Waals surface area (Å²) < 4.78 is 30.8. The van der Waals surface area contributed by atoms with Gasteiger partial charge in [0.05, 0.1) is 6.61 Å². The number of H-pyrrole nitrogens is 1. The third-order valence-corrected chi connectivity index (χ3v) is 6.63. The first-order valence-electron chi connectivity index (χ1n) is 11.6. The highest BCUT2D eigenvalue weighted by Crippen LogP contribution is 2.46. The first kappa shape index (κ1) is 25.8. The van der Waals surface area contributed by atoms with Gasteiger partial charge in [-0.2, -0.15) is 5.09 Å². The fourth-order valence-corrected chi connectivity index (χ4v) is 4.72. The topological polar surface area (TPSA) is 92.9 Å². The van der Waals surface area contributed by atoms with Crippen molar-refractivity contribution in [2.24, 2.45) is 0 Å². The van der Waals surface area contributed by atoms with Crippen LogP contribution in [0.2, 0.25) is 0 Å². The number of unbranched alkanes of at least 4 members (excludes halogenated alkanes) is 2. The fraction of sp³-hybridized carbons (Fsp3) is 0.400. The predicted octanol–water partition coefficient (Wildman–Crippen LogP) is 5.16. The molecule has 3 aromatic rings. The number of fused-ring (bicyclic) bond motifs is 1. The number of hydrogen-bond acceptors (Lipinski definition) is 6. The van der Waals surface area contributed by atoms with Crippen molar-refractivity contribution in [3.63, 3.8) is 0 Å². The molecule has 3 rings (SSSR count). The summed E-state index contributed by atoms with van der Waals surface area (Å²) >= 11 is 0. The number of nitrogens with one attached hydrogen (secondary N) is 2. The molecule has 1 aromatic heterocycles. The van der Waals surface area contributed by atoms with Crippen LogP contribution in [-0.2, 0) is 20.5 Å². The third-order valence-electron chi connectivity index (χ3n) is 5.19. The second-order valence-electron chi connectivity index (χ2n) is 8.30. The lowest BCUT2D eigenvalue weighted by molar-refractivity contribution is -0.142. The largest absolute Gasteiger partial charge is 0.513 e. The number of nitrogens with zero attached hydrogens (tertiary/aromatic N) is 1. The Kier molecular flexibility index (Phi) is 9.57. The summed E-state index contributed by atoms with van der Waals surface area (Å²) in [6.07, 6.45) is 5.53. The highest BCUT2D eigenvalue weighted by atomic mass is 31.2. The number of hydrogen-bond donors (Lipinski definition) is 2. The van der Waals surface area contributed by atoms with E-state index in [0.717, 1.165) is 48.7 Å². The lowest BCUT2D eigenvalue weighted by atomic mass is 10.1. The number of para-hydroxylation sites is 1. The smallest absolute Gasteiger partial charge is 0.465 e. The molecule has 184 valence electrons. The van der Waals surface area contributed by atoms with Crippen molar-refractivity contribution in [2.45, 2.75) is 32.6 Å². The summed E-state index contributed by atoms with van der Waals surface area (Å²) in [7, 11) is 0.0518. The molecule has 34 heavy (non-hydrogen) atoms. The monoisotopic (exact) mass is 487 g/mol. The minimum Gasteiger partial charge on any atom is -0.465 e. The molecule has 8 nitrogen and oxygen atoms in total. The van der Waals surface area contributed by atoms with E-state index in [1.165, 1.54) is 0 Å². The van der Waals surface area contributed by atoms with Gasteiger partial charge >= 0.3 is 13.7 Å². The van der Waals surface area contributed by atoms with Gasteiger partial charge in [-0.05, 0) is 56.8 Å². The number of ether oxygens (including phenoxy) is 1. The summed E-state index contributed by atoms with van der Waals surface area (Å²) in [6, 6.07) is 14.2. The maximum absolute atomic E-state index is 13.8. The highest BCUT2D eigenvalue weighted by Gasteiger charge is 2.31. The number of carbonyl (C=O) groups is 1. The third kappa shape index (κ3) is 7.62. The Morgan fingerprint density at radius 1 is 1.06 bits per heavy atom. The van der Waals surface area contributed by atoms with Gasteiger partial charge in [0, 0.05) is 23.6 Å². The summed E-state index contributed by atoms with van der Waals surface area (Å²) in [5, 5.41) is 3.52. The van der Waals surface area contributed by atoms with Gasteiger partial charge in [0.1, 0.15) is 18.0 Å². The quantitative estimate of drug-likeness (QED) is 0.184. The molecule has 0 amide bonds. The van der Waals surface area contributed by atoms with Crippen molar-refractivity contribution in [3.05, 3.63) is 60.3 Å². The van der Waals surface area contributed by atoms with E-state index in [9.17, 15) is 9.36 Å². The zero-order valence-corrected chi connectivity index (χ0v) is 21.0. The lowest BCUT2D eigenvalue weighted by Gasteiger charge is -2.21. The number of likely N-dealkylation sites (N-methyl/N-ethyl adjacent to an activating group) is 1. The molecule has 2 N–H and O–H groups in total. The van der Waals surface area contributed by atoms with E-state index in [2.05, 4.69) is 21.9 Å². The number of aromatic amines is 1. The van der Waals surface area contributed by atoms with E-state index in [1.54, 1.807) is 30.3 Å². The van der Waals surface area contributed by atoms with Crippen molar-refractivity contribution in [1.82, 2.24) is 15.0 Å². The molecule has 0 saturated heterocycles. The van der Waals surface area contributed by atoms with Crippen LogP contribution in [0.3, 0.4) is 0 Å². The molecule has 0 radical (unpaired) electrons.